The van der Waals surface area contributed by atoms with Crippen LogP contribution in [0.5, 0.6) is 11.8 Å². The molecule has 210 valence electrons. The van der Waals surface area contributed by atoms with E-state index in [9.17, 15) is 23.1 Å². The Morgan fingerprint density at radius 3 is 2.51 bits per heavy atom. The number of piperazine rings is 1. The summed E-state index contributed by atoms with van der Waals surface area (Å²) in [6, 6.07) is 7.94. The lowest BCUT2D eigenvalue weighted by Crippen LogP contribution is -2.59. The van der Waals surface area contributed by atoms with Crippen molar-refractivity contribution in [3.05, 3.63) is 52.8 Å². The summed E-state index contributed by atoms with van der Waals surface area (Å²) < 4.78 is 61.5. The molecule has 1 aromatic heterocycles. The Balaban J connectivity index is 1.51. The fourth-order valence-corrected chi connectivity index (χ4v) is 6.32. The Morgan fingerprint density at radius 1 is 1.17 bits per heavy atom. The molecule has 3 heterocycles. The van der Waals surface area contributed by atoms with E-state index < -0.39 is 30.0 Å². The maximum absolute atomic E-state index is 16.5. The lowest BCUT2D eigenvalue weighted by atomic mass is 9.93. The number of halogens is 5. The fraction of sp³-hybridized carbons (Fsp3) is 0.276. The Labute approximate surface area is 236 Å². The molecule has 7 nitrogen and oxygen atoms in total. The molecule has 6 rings (SSSR count). The number of terminal acetylenes is 1. The molecule has 2 fully saturated rings. The monoisotopic (exact) mass is 584 g/mol. The van der Waals surface area contributed by atoms with Crippen LogP contribution >= 0.6 is 11.6 Å². The number of methoxy groups -OCH3 is 1. The van der Waals surface area contributed by atoms with Crippen LogP contribution in [-0.4, -0.2) is 64.3 Å². The van der Waals surface area contributed by atoms with E-state index in [1.165, 1.54) is 25.3 Å². The first-order valence-corrected chi connectivity index (χ1v) is 13.0. The number of aromatic hydroxyl groups is 1. The predicted molar refractivity (Wildman–Crippen MR) is 146 cm³/mol. The first kappa shape index (κ1) is 26.9. The molecule has 2 bridgehead atoms. The van der Waals surface area contributed by atoms with E-state index in [2.05, 4.69) is 15.9 Å². The van der Waals surface area contributed by atoms with Crippen molar-refractivity contribution in [2.24, 2.45) is 0 Å². The summed E-state index contributed by atoms with van der Waals surface area (Å²) in [5, 5.41) is 11.7. The molecule has 0 spiro atoms. The highest BCUT2D eigenvalue weighted by Crippen LogP contribution is 2.44. The molecule has 41 heavy (non-hydrogen) atoms. The molecular formula is C29H21ClF4N4O3. The zero-order valence-electron chi connectivity index (χ0n) is 21.5. The number of rotatable bonds is 3. The van der Waals surface area contributed by atoms with Gasteiger partial charge in [0.15, 0.2) is 5.82 Å². The summed E-state index contributed by atoms with van der Waals surface area (Å²) >= 11 is 6.70. The van der Waals surface area contributed by atoms with Crippen molar-refractivity contribution in [2.45, 2.75) is 31.1 Å². The summed E-state index contributed by atoms with van der Waals surface area (Å²) in [6.45, 7) is 0.106. The third kappa shape index (κ3) is 4.34. The molecule has 1 N–H and O–H groups in total. The average Bonchev–Trinajstić information content (AvgIpc) is 3.19. The van der Waals surface area contributed by atoms with Crippen LogP contribution in [0.1, 0.15) is 18.4 Å². The van der Waals surface area contributed by atoms with Gasteiger partial charge in [0.2, 0.25) is 0 Å². The number of phenolic OH excluding ortho intramolecular Hbond substituents is 1. The molecule has 4 aromatic rings. The van der Waals surface area contributed by atoms with Gasteiger partial charge < -0.3 is 19.6 Å². The quantitative estimate of drug-likeness (QED) is 0.247. The zero-order valence-corrected chi connectivity index (χ0v) is 22.2. The smallest absolute Gasteiger partial charge is 0.471 e. The van der Waals surface area contributed by atoms with Crippen molar-refractivity contribution in [3.8, 4) is 35.2 Å². The van der Waals surface area contributed by atoms with E-state index in [0.717, 1.165) is 4.90 Å². The van der Waals surface area contributed by atoms with E-state index in [4.69, 9.17) is 22.8 Å². The number of fused-ring (bicyclic) bond motifs is 4. The second-order valence-electron chi connectivity index (χ2n) is 10.0. The van der Waals surface area contributed by atoms with Gasteiger partial charge in [0.25, 0.3) is 0 Å². The summed E-state index contributed by atoms with van der Waals surface area (Å²) in [5.41, 5.74) is 0.544. The maximum atomic E-state index is 16.5. The highest BCUT2D eigenvalue weighted by Gasteiger charge is 2.52. The normalized spacial score (nSPS) is 18.7. The molecule has 0 aliphatic carbocycles. The number of amides is 1. The summed E-state index contributed by atoms with van der Waals surface area (Å²) in [7, 11) is 1.31. The van der Waals surface area contributed by atoms with Crippen molar-refractivity contribution in [1.29, 1.82) is 0 Å². The zero-order chi connectivity index (χ0) is 29.2. The van der Waals surface area contributed by atoms with E-state index in [-0.39, 0.29) is 57.7 Å². The highest BCUT2D eigenvalue weighted by molar-refractivity contribution is 6.35. The minimum atomic E-state index is -4.98. The maximum Gasteiger partial charge on any atom is 0.471 e. The third-order valence-electron chi connectivity index (χ3n) is 7.67. The van der Waals surface area contributed by atoms with Gasteiger partial charge in [-0.2, -0.15) is 23.1 Å². The van der Waals surface area contributed by atoms with E-state index in [1.54, 1.807) is 23.1 Å². The van der Waals surface area contributed by atoms with Gasteiger partial charge in [-0.15, -0.1) is 6.42 Å². The number of anilines is 1. The van der Waals surface area contributed by atoms with Crippen molar-refractivity contribution in [1.82, 2.24) is 14.9 Å². The van der Waals surface area contributed by atoms with Crippen LogP contribution in [-0.2, 0) is 4.79 Å². The number of carbonyl (C=O) groups excluding carboxylic acids is 1. The molecule has 2 atom stereocenters. The van der Waals surface area contributed by atoms with Crippen LogP contribution in [0.15, 0.2) is 36.4 Å². The van der Waals surface area contributed by atoms with Gasteiger partial charge in [0.05, 0.1) is 24.2 Å². The minimum Gasteiger partial charge on any atom is -0.508 e. The second-order valence-corrected chi connectivity index (χ2v) is 10.4. The van der Waals surface area contributed by atoms with Crippen LogP contribution in [0, 0.1) is 18.2 Å². The van der Waals surface area contributed by atoms with Gasteiger partial charge in [-0.1, -0.05) is 29.7 Å². The van der Waals surface area contributed by atoms with Crippen molar-refractivity contribution < 1.29 is 32.2 Å². The second kappa shape index (κ2) is 9.66. The van der Waals surface area contributed by atoms with Crippen molar-refractivity contribution >= 4 is 45.0 Å². The number of phenols is 1. The van der Waals surface area contributed by atoms with Crippen LogP contribution in [0.4, 0.5) is 23.4 Å². The topological polar surface area (TPSA) is 78.8 Å². The first-order valence-electron chi connectivity index (χ1n) is 12.6. The predicted octanol–water partition coefficient (Wildman–Crippen LogP) is 5.68. The van der Waals surface area contributed by atoms with Crippen LogP contribution < -0.4 is 9.64 Å². The number of nitrogens with zero attached hydrogens (tertiary/aromatic N) is 4. The van der Waals surface area contributed by atoms with Crippen LogP contribution in [0.3, 0.4) is 0 Å². The summed E-state index contributed by atoms with van der Waals surface area (Å²) in [5.74, 6) is 0.000211. The first-order chi connectivity index (χ1) is 19.5. The summed E-state index contributed by atoms with van der Waals surface area (Å²) in [6.07, 6.45) is 1.53. The SMILES string of the molecule is C#Cc1cccc2cc(O)cc(-c3c(Cl)cc4c(N5CC6CCC(C5)N6C(=O)C(F)(F)F)nc(OC)nc4c3F)c12. The molecule has 0 radical (unpaired) electrons. The van der Waals surface area contributed by atoms with Gasteiger partial charge >= 0.3 is 18.1 Å². The fourth-order valence-electron chi connectivity index (χ4n) is 6.02. The molecule has 2 saturated heterocycles. The van der Waals surface area contributed by atoms with Gasteiger partial charge in [-0.25, -0.2) is 4.39 Å². The molecule has 1 amide bonds. The van der Waals surface area contributed by atoms with Gasteiger partial charge in [-0.05, 0) is 48.1 Å². The molecule has 3 aromatic carbocycles. The Bertz CT molecular complexity index is 1770. The number of hydrogen-bond acceptors (Lipinski definition) is 6. The van der Waals surface area contributed by atoms with E-state index in [1.807, 2.05) is 0 Å². The van der Waals surface area contributed by atoms with Gasteiger partial charge in [-0.3, -0.25) is 4.79 Å². The van der Waals surface area contributed by atoms with Crippen molar-refractivity contribution in [2.75, 3.05) is 25.1 Å². The van der Waals surface area contributed by atoms with E-state index >= 15 is 4.39 Å². The molecule has 2 aliphatic heterocycles. The largest absolute Gasteiger partial charge is 0.508 e. The van der Waals surface area contributed by atoms with Crippen molar-refractivity contribution in [3.63, 3.8) is 0 Å². The average molecular weight is 585 g/mol. The Hall–Kier alpha value is -4.30. The molecular weight excluding hydrogens is 564 g/mol. The minimum absolute atomic E-state index is 0.0161. The molecule has 2 aliphatic rings. The highest BCUT2D eigenvalue weighted by atomic mass is 35.5. The third-order valence-corrected chi connectivity index (χ3v) is 7.97. The van der Waals surface area contributed by atoms with Crippen LogP contribution in [0.2, 0.25) is 5.02 Å². The number of carbonyl (C=O) groups is 1. The number of ether oxygens (including phenoxy) is 1. The van der Waals surface area contributed by atoms with Gasteiger partial charge in [0, 0.05) is 35.0 Å². The number of benzene rings is 3. The lowest BCUT2D eigenvalue weighted by Gasteiger charge is -2.42. The Morgan fingerprint density at radius 2 is 1.88 bits per heavy atom. The number of aromatic nitrogens is 2. The number of hydrogen-bond donors (Lipinski definition) is 1. The Kier molecular flexibility index (Phi) is 6.34. The van der Waals surface area contributed by atoms with E-state index in [0.29, 0.717) is 29.2 Å². The molecule has 0 saturated carbocycles. The lowest BCUT2D eigenvalue weighted by molar-refractivity contribution is -0.188. The standard InChI is InChI=1S/C29H21ClF4N4O3/c1-3-14-5-4-6-15-9-18(39)10-19(22(14)15)23-21(30)11-20-25(24(23)31)35-28(41-2)36-26(20)37-12-16-7-8-17(13-37)38(16)27(40)29(32,33)34/h1,4-6,9-11,16-17,39H,7-8,12-13H2,2H3. The summed E-state index contributed by atoms with van der Waals surface area (Å²) in [4.78, 5) is 23.4. The van der Waals surface area contributed by atoms with Gasteiger partial charge in [0.1, 0.15) is 17.1 Å². The van der Waals surface area contributed by atoms with Crippen LogP contribution in [0.25, 0.3) is 32.8 Å². The number of alkyl halides is 3. The molecule has 2 unspecified atom stereocenters. The molecule has 12 heteroatoms.